The minimum atomic E-state index is -0.898. The summed E-state index contributed by atoms with van der Waals surface area (Å²) in [5.74, 6) is 0. The Kier molecular flexibility index (Phi) is 5.38. The van der Waals surface area contributed by atoms with E-state index in [0.29, 0.717) is 2.91 Å². The fourth-order valence-electron chi connectivity index (χ4n) is 3.81. The summed E-state index contributed by atoms with van der Waals surface area (Å²) in [4.78, 5) is 0. The maximum Gasteiger partial charge on any atom is -1.00 e. The maximum atomic E-state index is 2.59. The van der Waals surface area contributed by atoms with E-state index in [0.717, 1.165) is 0 Å². The summed E-state index contributed by atoms with van der Waals surface area (Å²) in [5, 5.41) is 3.27. The second kappa shape index (κ2) is 7.04. The first-order chi connectivity index (χ1) is 10.9. The molecule has 2 aromatic rings. The quantitative estimate of drug-likeness (QED) is 0.323. The number of fused-ring (bicyclic) bond motifs is 2. The molecule has 1 spiro atoms. The molecule has 0 nitrogen and oxygen atoms in total. The van der Waals surface area contributed by atoms with Crippen molar-refractivity contribution in [2.24, 2.45) is 0 Å². The van der Waals surface area contributed by atoms with E-state index < -0.39 is 22.9 Å². The van der Waals surface area contributed by atoms with Crippen LogP contribution < -0.4 is 30.1 Å². The number of rotatable bonds is 1. The van der Waals surface area contributed by atoms with E-state index in [-0.39, 0.29) is 32.7 Å². The van der Waals surface area contributed by atoms with Crippen LogP contribution in [0.4, 0.5) is 0 Å². The van der Waals surface area contributed by atoms with Crippen LogP contribution in [0.5, 0.6) is 0 Å². The summed E-state index contributed by atoms with van der Waals surface area (Å²) in [7, 11) is -0.260. The van der Waals surface area contributed by atoms with Gasteiger partial charge in [-0.05, 0) is 0 Å². The average Bonchev–Trinajstić information content (AvgIpc) is 3.23. The van der Waals surface area contributed by atoms with Crippen LogP contribution in [0, 0.1) is 0 Å². The average molecular weight is 536 g/mol. The van der Waals surface area contributed by atoms with Crippen molar-refractivity contribution in [2.45, 2.75) is 9.33 Å². The first-order valence-electron chi connectivity index (χ1n) is 7.70. The van der Waals surface area contributed by atoms with Crippen molar-refractivity contribution in [3.05, 3.63) is 92.6 Å². The topological polar surface area (TPSA) is 0 Å². The molecule has 1 aliphatic heterocycles. The van der Waals surface area contributed by atoms with Crippen LogP contribution in [0.15, 0.2) is 81.5 Å². The van der Waals surface area contributed by atoms with Crippen molar-refractivity contribution in [3.63, 3.8) is 0 Å². The molecule has 2 unspecified atom stereocenters. The molecule has 0 saturated carbocycles. The van der Waals surface area contributed by atoms with E-state index in [1.54, 1.807) is 16.2 Å². The predicted octanol–water partition coefficient (Wildman–Crippen LogP) is -1.05. The zero-order valence-corrected chi connectivity index (χ0v) is 18.9. The van der Waals surface area contributed by atoms with Gasteiger partial charge in [0.1, 0.15) is 0 Å². The van der Waals surface area contributed by atoms with Crippen molar-refractivity contribution in [3.8, 4) is 0 Å². The van der Waals surface area contributed by atoms with Gasteiger partial charge in [0.25, 0.3) is 0 Å². The molecule has 24 heavy (non-hydrogen) atoms. The Morgan fingerprint density at radius 1 is 0.875 bits per heavy atom. The van der Waals surface area contributed by atoms with Gasteiger partial charge in [0.05, 0.1) is 0 Å². The van der Waals surface area contributed by atoms with E-state index in [1.165, 1.54) is 12.0 Å². The molecule has 0 radical (unpaired) electrons. The van der Waals surface area contributed by atoms with Gasteiger partial charge < -0.3 is 24.8 Å². The zero-order valence-electron chi connectivity index (χ0n) is 12.9. The molecule has 5 rings (SSSR count). The van der Waals surface area contributed by atoms with Gasteiger partial charge >= 0.3 is 144 Å². The summed E-state index contributed by atoms with van der Waals surface area (Å²) >= 11 is -0.898. The van der Waals surface area contributed by atoms with Crippen LogP contribution in [0.1, 0.15) is 17.5 Å². The minimum Gasteiger partial charge on any atom is -1.00 e. The maximum absolute atomic E-state index is 2.59. The van der Waals surface area contributed by atoms with Crippen molar-refractivity contribution < 1.29 is 47.7 Å². The van der Waals surface area contributed by atoms with E-state index in [2.05, 4.69) is 78.9 Å². The van der Waals surface area contributed by atoms with Gasteiger partial charge in [-0.15, -0.1) is 0 Å². The second-order valence-corrected chi connectivity index (χ2v) is 15.7. The Morgan fingerprint density at radius 2 is 1.62 bits per heavy atom. The van der Waals surface area contributed by atoms with Crippen molar-refractivity contribution in [2.75, 3.05) is 0 Å². The summed E-state index contributed by atoms with van der Waals surface area (Å²) in [5.41, 5.74) is 3.08. The van der Waals surface area contributed by atoms with Crippen molar-refractivity contribution >= 4 is 19.3 Å². The van der Waals surface area contributed by atoms with Crippen LogP contribution in [-0.2, 0) is 25.8 Å². The molecule has 2 atom stereocenters. The van der Waals surface area contributed by atoms with Gasteiger partial charge in [-0.3, -0.25) is 0 Å². The van der Waals surface area contributed by atoms with Crippen LogP contribution in [0.25, 0.3) is 6.08 Å². The monoisotopic (exact) mass is 536 g/mol. The van der Waals surface area contributed by atoms with Gasteiger partial charge in [0.2, 0.25) is 0 Å². The number of benzene rings is 2. The van der Waals surface area contributed by atoms with E-state index >= 15 is 0 Å². The van der Waals surface area contributed by atoms with Crippen LogP contribution in [0.2, 0.25) is 0 Å². The zero-order chi connectivity index (χ0) is 14.6. The Labute approximate surface area is 168 Å². The third-order valence-corrected chi connectivity index (χ3v) is 17.3. The fourth-order valence-corrected chi connectivity index (χ4v) is 18.5. The molecule has 118 valence electrons. The molecular formula is C20H15Cl2HfP. The van der Waals surface area contributed by atoms with Gasteiger partial charge in [0.15, 0.2) is 0 Å². The Morgan fingerprint density at radius 3 is 2.46 bits per heavy atom. The van der Waals surface area contributed by atoms with Crippen LogP contribution >= 0.6 is 7.92 Å². The second-order valence-electron chi connectivity index (χ2n) is 5.95. The molecule has 0 fully saturated rings. The molecule has 0 bridgehead atoms. The van der Waals surface area contributed by atoms with Gasteiger partial charge in [-0.25, -0.2) is 0 Å². The molecule has 3 aliphatic rings. The normalized spacial score (nSPS) is 24.8. The van der Waals surface area contributed by atoms with Crippen LogP contribution in [-0.4, -0.2) is 0 Å². The first kappa shape index (κ1) is 18.3. The number of hydrogen-bond acceptors (Lipinski definition) is 0. The third kappa shape index (κ3) is 2.56. The summed E-state index contributed by atoms with van der Waals surface area (Å²) in [6.07, 6.45) is 11.1. The number of halogens is 2. The minimum absolute atomic E-state index is 0. The Balaban J connectivity index is 0.000000845. The molecule has 4 heteroatoms. The molecule has 2 aliphatic carbocycles. The van der Waals surface area contributed by atoms with E-state index in [1.807, 2.05) is 3.33 Å². The standard InChI is InChI=1S/C20H15P.2ClH.Hf/c1-2-9-17(10-3-1)21(18-11-5-6-12-18)20-15-14-16-8-4-7-13-19(16)20;;;/h1-5,7-11,13-15H,6H2;2*1H;/q;;;+2/p-2. The van der Waals surface area contributed by atoms with E-state index in [4.69, 9.17) is 0 Å². The SMILES string of the molecule is C1=CC2=[C](C1)[Hf+2][C]1(C=Cc3ccccc31)P2c1ccccc1.[Cl-].[Cl-]. The van der Waals surface area contributed by atoms with Crippen molar-refractivity contribution in [1.82, 2.24) is 0 Å². The fraction of sp³-hybridized carbons (Fsp3) is 0.100. The molecule has 0 aromatic heterocycles. The predicted molar refractivity (Wildman–Crippen MR) is 90.9 cm³/mol. The smallest absolute Gasteiger partial charge is 1.00 e. The molecule has 1 heterocycles. The summed E-state index contributed by atoms with van der Waals surface area (Å²) in [6, 6.07) is 20.4. The molecule has 2 aromatic carbocycles. The molecule has 0 amide bonds. The largest absolute Gasteiger partial charge is 1.00 e. The number of hydrogen-bond donors (Lipinski definition) is 0. The molecular weight excluding hydrogens is 521 g/mol. The number of allylic oxidation sites excluding steroid dienone is 5. The summed E-state index contributed by atoms with van der Waals surface area (Å²) in [6.45, 7) is 0. The van der Waals surface area contributed by atoms with Crippen molar-refractivity contribution in [1.29, 1.82) is 0 Å². The van der Waals surface area contributed by atoms with Gasteiger partial charge in [-0.2, -0.15) is 0 Å². The Bertz CT molecular complexity index is 857. The molecule has 0 N–H and O–H groups in total. The van der Waals surface area contributed by atoms with Gasteiger partial charge in [0, 0.05) is 0 Å². The summed E-state index contributed by atoms with van der Waals surface area (Å²) < 4.78 is 2.25. The third-order valence-electron chi connectivity index (χ3n) is 4.73. The van der Waals surface area contributed by atoms with Crippen LogP contribution in [0.3, 0.4) is 0 Å². The van der Waals surface area contributed by atoms with Gasteiger partial charge in [-0.1, -0.05) is 0 Å². The van der Waals surface area contributed by atoms with E-state index in [9.17, 15) is 0 Å². The molecule has 0 saturated heterocycles. The first-order valence-corrected chi connectivity index (χ1v) is 12.6. The Hall–Kier alpha value is -0.460.